The molecule has 218 valence electrons. The summed E-state index contributed by atoms with van der Waals surface area (Å²) in [4.78, 5) is 32.4. The molecular formula is C30H36ClN5O5. The van der Waals surface area contributed by atoms with E-state index >= 15 is 0 Å². The Morgan fingerprint density at radius 1 is 1.15 bits per heavy atom. The predicted octanol–water partition coefficient (Wildman–Crippen LogP) is 5.97. The lowest BCUT2D eigenvalue weighted by Gasteiger charge is -2.23. The van der Waals surface area contributed by atoms with Crippen molar-refractivity contribution in [1.82, 2.24) is 9.97 Å². The molecule has 3 aromatic rings. The largest absolute Gasteiger partial charge is 0.492 e. The molecule has 3 heterocycles. The molecule has 2 amide bonds. The lowest BCUT2D eigenvalue weighted by Crippen LogP contribution is -2.30. The molecule has 0 saturated carbocycles. The zero-order chi connectivity index (χ0) is 29.7. The molecule has 1 unspecified atom stereocenters. The number of carbonyl (C=O) groups is 2. The Bertz CT molecular complexity index is 1420. The molecular weight excluding hydrogens is 546 g/mol. The summed E-state index contributed by atoms with van der Waals surface area (Å²) in [6, 6.07) is 10.7. The molecule has 2 atom stereocenters. The zero-order valence-electron chi connectivity index (χ0n) is 23.9. The Morgan fingerprint density at radius 3 is 2.66 bits per heavy atom. The first-order chi connectivity index (χ1) is 19.4. The van der Waals surface area contributed by atoms with Gasteiger partial charge in [0.25, 0.3) is 0 Å². The van der Waals surface area contributed by atoms with Crippen molar-refractivity contribution < 1.29 is 23.8 Å². The number of pyridine rings is 2. The normalized spacial score (nSPS) is 13.6. The highest BCUT2D eigenvalue weighted by atomic mass is 35.5. The second-order valence-corrected chi connectivity index (χ2v) is 11.7. The Morgan fingerprint density at radius 2 is 1.93 bits per heavy atom. The van der Waals surface area contributed by atoms with E-state index in [0.29, 0.717) is 54.2 Å². The van der Waals surface area contributed by atoms with Crippen molar-refractivity contribution in [2.75, 3.05) is 17.2 Å². The number of nitrogens with one attached hydrogen (secondary N) is 2. The van der Waals surface area contributed by atoms with Crippen molar-refractivity contribution in [1.29, 1.82) is 0 Å². The van der Waals surface area contributed by atoms with Gasteiger partial charge in [-0.3, -0.25) is 10.1 Å². The smallest absolute Gasteiger partial charge is 0.413 e. The maximum atomic E-state index is 12.1. The van der Waals surface area contributed by atoms with Gasteiger partial charge in [0.2, 0.25) is 5.91 Å². The number of aromatic nitrogens is 2. The highest BCUT2D eigenvalue weighted by Gasteiger charge is 2.22. The Balaban J connectivity index is 1.32. The monoisotopic (exact) mass is 581 g/mol. The lowest BCUT2D eigenvalue weighted by atomic mass is 9.97. The predicted molar refractivity (Wildman–Crippen MR) is 158 cm³/mol. The van der Waals surface area contributed by atoms with E-state index in [4.69, 9.17) is 31.5 Å². The standard InChI is InChI=1S/C30H36ClN5O5/c1-17(11-21-12-19(31)13-27(35-21)36-29(38)41-30(3,4)5)10-20(32)15-39-22-6-7-24-23-8-9-33-28(34-18(2)37)25(23)16-40-26(24)14-22/h6-9,12-14,17,20H,10-11,15-16,32H2,1-5H3,(H,33,34,37)(H,35,36,38)/t17?,20-/m0/s1. The van der Waals surface area contributed by atoms with E-state index in [1.165, 1.54) is 6.92 Å². The topological polar surface area (TPSA) is 138 Å². The van der Waals surface area contributed by atoms with Gasteiger partial charge < -0.3 is 25.3 Å². The molecule has 41 heavy (non-hydrogen) atoms. The molecule has 0 bridgehead atoms. The Labute approximate surface area is 244 Å². The third-order valence-corrected chi connectivity index (χ3v) is 6.38. The molecule has 11 heteroatoms. The summed E-state index contributed by atoms with van der Waals surface area (Å²) in [5.41, 5.74) is 9.22. The van der Waals surface area contributed by atoms with Crippen molar-refractivity contribution in [3.63, 3.8) is 0 Å². The Hall–Kier alpha value is -3.89. The van der Waals surface area contributed by atoms with Crippen LogP contribution in [0.5, 0.6) is 11.5 Å². The van der Waals surface area contributed by atoms with Crippen molar-refractivity contribution in [2.45, 2.75) is 65.7 Å². The van der Waals surface area contributed by atoms with Gasteiger partial charge in [-0.05, 0) is 75.4 Å². The number of amides is 2. The van der Waals surface area contributed by atoms with Crippen LogP contribution in [0.15, 0.2) is 42.6 Å². The van der Waals surface area contributed by atoms with Crippen LogP contribution < -0.4 is 25.8 Å². The van der Waals surface area contributed by atoms with Gasteiger partial charge in [-0.2, -0.15) is 0 Å². The summed E-state index contributed by atoms with van der Waals surface area (Å²) < 4.78 is 17.3. The van der Waals surface area contributed by atoms with Crippen LogP contribution in [0.3, 0.4) is 0 Å². The van der Waals surface area contributed by atoms with Crippen LogP contribution >= 0.6 is 11.6 Å². The Kier molecular flexibility index (Phi) is 9.35. The third-order valence-electron chi connectivity index (χ3n) is 6.16. The minimum Gasteiger partial charge on any atom is -0.492 e. The number of ether oxygens (including phenoxy) is 3. The van der Waals surface area contributed by atoms with Gasteiger partial charge in [0.05, 0.1) is 0 Å². The third kappa shape index (κ3) is 8.55. The highest BCUT2D eigenvalue weighted by molar-refractivity contribution is 6.30. The van der Waals surface area contributed by atoms with E-state index in [1.807, 2.05) is 24.3 Å². The van der Waals surface area contributed by atoms with Crippen LogP contribution in [-0.4, -0.2) is 40.2 Å². The molecule has 0 fully saturated rings. The second kappa shape index (κ2) is 12.7. The summed E-state index contributed by atoms with van der Waals surface area (Å²) in [5, 5.41) is 5.87. The molecule has 0 aliphatic carbocycles. The molecule has 0 radical (unpaired) electrons. The first kappa shape index (κ1) is 30.1. The lowest BCUT2D eigenvalue weighted by molar-refractivity contribution is -0.114. The van der Waals surface area contributed by atoms with Gasteiger partial charge in [-0.25, -0.2) is 14.8 Å². The van der Waals surface area contributed by atoms with Crippen LogP contribution in [-0.2, 0) is 22.6 Å². The number of halogens is 1. The number of rotatable bonds is 9. The van der Waals surface area contributed by atoms with Crippen molar-refractivity contribution >= 4 is 35.2 Å². The molecule has 0 saturated heterocycles. The van der Waals surface area contributed by atoms with Crippen LogP contribution in [0.4, 0.5) is 16.4 Å². The zero-order valence-corrected chi connectivity index (χ0v) is 24.7. The maximum Gasteiger partial charge on any atom is 0.413 e. The van der Waals surface area contributed by atoms with Crippen molar-refractivity contribution in [3.05, 3.63) is 58.9 Å². The number of nitrogens with zero attached hydrogens (tertiary/aromatic N) is 2. The van der Waals surface area contributed by atoms with Gasteiger partial charge in [-0.15, -0.1) is 0 Å². The molecule has 2 aromatic heterocycles. The van der Waals surface area contributed by atoms with Gasteiger partial charge in [0, 0.05) is 47.1 Å². The molecule has 1 aliphatic rings. The maximum absolute atomic E-state index is 12.1. The number of anilines is 2. The SMILES string of the molecule is CC(=O)Nc1nccc2c1COc1cc(OC[C@@H](N)CC(C)Cc3cc(Cl)cc(NC(=O)OC(C)(C)C)n3)ccc1-2. The minimum absolute atomic E-state index is 0.184. The molecule has 1 aliphatic heterocycles. The quantitative estimate of drug-likeness (QED) is 0.281. The number of fused-ring (bicyclic) bond motifs is 3. The average molecular weight is 582 g/mol. The summed E-state index contributed by atoms with van der Waals surface area (Å²) in [7, 11) is 0. The fraction of sp³-hybridized carbons (Fsp3) is 0.400. The van der Waals surface area contributed by atoms with Crippen molar-refractivity contribution in [3.8, 4) is 22.6 Å². The van der Waals surface area contributed by atoms with E-state index in [2.05, 4.69) is 27.5 Å². The summed E-state index contributed by atoms with van der Waals surface area (Å²) in [5.74, 6) is 2.19. The van der Waals surface area contributed by atoms with Crippen LogP contribution in [0.25, 0.3) is 11.1 Å². The van der Waals surface area contributed by atoms with E-state index in [-0.39, 0.29) is 17.9 Å². The average Bonchev–Trinajstić information content (AvgIpc) is 2.85. The van der Waals surface area contributed by atoms with Gasteiger partial charge >= 0.3 is 6.09 Å². The molecule has 4 N–H and O–H groups in total. The summed E-state index contributed by atoms with van der Waals surface area (Å²) >= 11 is 6.27. The second-order valence-electron chi connectivity index (χ2n) is 11.2. The van der Waals surface area contributed by atoms with Gasteiger partial charge in [0.1, 0.15) is 41.9 Å². The highest BCUT2D eigenvalue weighted by Crippen LogP contribution is 2.41. The fourth-order valence-corrected chi connectivity index (χ4v) is 4.83. The van der Waals surface area contributed by atoms with E-state index in [1.54, 1.807) is 39.1 Å². The van der Waals surface area contributed by atoms with E-state index < -0.39 is 11.7 Å². The summed E-state index contributed by atoms with van der Waals surface area (Å²) in [6.07, 6.45) is 2.39. The number of carbonyl (C=O) groups excluding carboxylic acids is 2. The summed E-state index contributed by atoms with van der Waals surface area (Å²) in [6.45, 7) is 9.52. The van der Waals surface area contributed by atoms with Crippen LogP contribution in [0.2, 0.25) is 5.02 Å². The molecule has 1 aromatic carbocycles. The number of nitrogens with two attached hydrogens (primary N) is 1. The molecule has 4 rings (SSSR count). The van der Waals surface area contributed by atoms with E-state index in [9.17, 15) is 9.59 Å². The minimum atomic E-state index is -0.619. The first-order valence-corrected chi connectivity index (χ1v) is 13.8. The molecule has 10 nitrogen and oxygen atoms in total. The van der Waals surface area contributed by atoms with Crippen molar-refractivity contribution in [2.24, 2.45) is 11.7 Å². The number of hydrogen-bond acceptors (Lipinski definition) is 8. The van der Waals surface area contributed by atoms with Crippen LogP contribution in [0, 0.1) is 5.92 Å². The van der Waals surface area contributed by atoms with Crippen LogP contribution in [0.1, 0.15) is 52.3 Å². The van der Waals surface area contributed by atoms with Gasteiger partial charge in [-0.1, -0.05) is 18.5 Å². The van der Waals surface area contributed by atoms with Gasteiger partial charge in [0.15, 0.2) is 0 Å². The first-order valence-electron chi connectivity index (χ1n) is 13.4. The molecule has 0 spiro atoms. The number of hydrogen-bond donors (Lipinski definition) is 3. The number of benzene rings is 1. The van der Waals surface area contributed by atoms with E-state index in [0.717, 1.165) is 22.4 Å². The fourth-order valence-electron chi connectivity index (χ4n) is 4.61.